The van der Waals surface area contributed by atoms with Crippen LogP contribution >= 0.6 is 0 Å². The van der Waals surface area contributed by atoms with Crippen LogP contribution in [0.5, 0.6) is 0 Å². The molecule has 1 radical (unpaired) electrons. The van der Waals surface area contributed by atoms with E-state index >= 15 is 0 Å². The van der Waals surface area contributed by atoms with Crippen LogP contribution in [0.1, 0.15) is 34.7 Å². The van der Waals surface area contributed by atoms with Crippen LogP contribution in [0.2, 0.25) is 0 Å². The Morgan fingerprint density at radius 3 is 1.38 bits per heavy atom. The third-order valence-electron chi connectivity index (χ3n) is 4.84. The standard InChI is InChI=1S/C23H19N3O2.3ClH.V/c1-3-8-16(9-4-1)20-14-24-22(27-20)18-12-7-13-19(26-18)23-25-15-21(28-23)17-10-5-2-6-11-17;;;;/h1-13,20-21H,14-15H2;3*1H;/p-3. The van der Waals surface area contributed by atoms with Crippen LogP contribution in [0.15, 0.2) is 88.8 Å². The molecule has 0 saturated heterocycles. The third kappa shape index (κ3) is 6.06. The number of benzene rings is 2. The zero-order valence-electron chi connectivity index (χ0n) is 16.8. The second-order valence-corrected chi connectivity index (χ2v) is 6.73. The van der Waals surface area contributed by atoms with Crippen LogP contribution in [0.4, 0.5) is 0 Å². The van der Waals surface area contributed by atoms with Gasteiger partial charge in [-0.3, -0.25) is 0 Å². The van der Waals surface area contributed by atoms with Crippen molar-refractivity contribution in [3.8, 4) is 0 Å². The summed E-state index contributed by atoms with van der Waals surface area (Å²) in [6, 6.07) is 26.0. The van der Waals surface area contributed by atoms with Gasteiger partial charge in [0.15, 0.2) is 0 Å². The molecule has 0 N–H and O–H groups in total. The number of hydrogen-bond donors (Lipinski definition) is 0. The monoisotopic (exact) mass is 525 g/mol. The Hall–Kier alpha value is -2.02. The zero-order valence-corrected chi connectivity index (χ0v) is 20.5. The van der Waals surface area contributed by atoms with E-state index in [2.05, 4.69) is 39.2 Å². The van der Waals surface area contributed by atoms with Crippen molar-refractivity contribution in [1.29, 1.82) is 0 Å². The topological polar surface area (TPSA) is 56.1 Å². The van der Waals surface area contributed by atoms with Gasteiger partial charge in [-0.15, -0.1) is 0 Å². The van der Waals surface area contributed by atoms with Crippen molar-refractivity contribution < 1.29 is 65.3 Å². The van der Waals surface area contributed by atoms with Crippen molar-refractivity contribution >= 4 is 11.8 Å². The van der Waals surface area contributed by atoms with E-state index in [4.69, 9.17) is 9.47 Å². The molecule has 0 aliphatic carbocycles. The van der Waals surface area contributed by atoms with E-state index in [9.17, 15) is 0 Å². The van der Waals surface area contributed by atoms with Gasteiger partial charge >= 0.3 is 0 Å². The van der Waals surface area contributed by atoms with E-state index < -0.39 is 0 Å². The molecule has 2 aliphatic heterocycles. The summed E-state index contributed by atoms with van der Waals surface area (Å²) in [6.45, 7) is 1.19. The first kappa shape index (κ1) is 28.0. The molecule has 0 spiro atoms. The first-order chi connectivity index (χ1) is 13.9. The minimum absolute atomic E-state index is 0. The summed E-state index contributed by atoms with van der Waals surface area (Å²) >= 11 is 0. The molecule has 1 aromatic heterocycles. The van der Waals surface area contributed by atoms with E-state index in [1.165, 1.54) is 0 Å². The number of aromatic nitrogens is 1. The second-order valence-electron chi connectivity index (χ2n) is 6.73. The molecule has 2 aliphatic rings. The summed E-state index contributed by atoms with van der Waals surface area (Å²) < 4.78 is 12.1. The molecular formula is C23H19Cl3N3O2V-3. The summed E-state index contributed by atoms with van der Waals surface area (Å²) in [6.07, 6.45) is -0.131. The van der Waals surface area contributed by atoms with Crippen molar-refractivity contribution in [3.05, 3.63) is 101 Å². The normalized spacial score (nSPS) is 18.2. The number of aliphatic imine (C=N–C) groups is 2. The second kappa shape index (κ2) is 12.9. The van der Waals surface area contributed by atoms with Crippen molar-refractivity contribution in [2.24, 2.45) is 9.98 Å². The van der Waals surface area contributed by atoms with Crippen LogP contribution in [0.3, 0.4) is 0 Å². The third-order valence-corrected chi connectivity index (χ3v) is 4.84. The predicted octanol–water partition coefficient (Wildman–Crippen LogP) is -4.87. The molecule has 167 valence electrons. The summed E-state index contributed by atoms with van der Waals surface area (Å²) in [5, 5.41) is 0. The summed E-state index contributed by atoms with van der Waals surface area (Å²) in [4.78, 5) is 13.8. The maximum atomic E-state index is 6.05. The summed E-state index contributed by atoms with van der Waals surface area (Å²) in [5.74, 6) is 1.13. The van der Waals surface area contributed by atoms with Gasteiger partial charge in [0.05, 0.1) is 13.1 Å². The molecule has 5 rings (SSSR count). The molecule has 3 heterocycles. The number of nitrogens with zero attached hydrogens (tertiary/aromatic N) is 3. The van der Waals surface area contributed by atoms with E-state index in [0.29, 0.717) is 36.3 Å². The summed E-state index contributed by atoms with van der Waals surface area (Å²) in [7, 11) is 0. The summed E-state index contributed by atoms with van der Waals surface area (Å²) in [5.41, 5.74) is 3.63. The van der Waals surface area contributed by atoms with Gasteiger partial charge in [-0.1, -0.05) is 66.7 Å². The van der Waals surface area contributed by atoms with Crippen LogP contribution in [0, 0.1) is 0 Å². The molecule has 2 unspecified atom stereocenters. The van der Waals surface area contributed by atoms with Crippen LogP contribution in [-0.2, 0) is 28.0 Å². The minimum atomic E-state index is -0.0656. The SMILES string of the molecule is [Cl-].[Cl-].[Cl-].[V].c1ccc(C2CN=C(c3cccc(C4=NCC(c5ccccc5)O4)n3)O2)cc1. The number of rotatable bonds is 4. The molecule has 9 heteroatoms. The van der Waals surface area contributed by atoms with Crippen LogP contribution in [0.25, 0.3) is 0 Å². The van der Waals surface area contributed by atoms with Gasteiger partial charge in [0.25, 0.3) is 0 Å². The minimum Gasteiger partial charge on any atom is -1.00 e. The number of pyridine rings is 1. The Morgan fingerprint density at radius 2 is 0.969 bits per heavy atom. The maximum Gasteiger partial charge on any atom is 0.236 e. The Balaban J connectivity index is 0.00000128. The maximum absolute atomic E-state index is 6.05. The molecular weight excluding hydrogens is 508 g/mol. The average molecular weight is 527 g/mol. The Morgan fingerprint density at radius 1 is 0.562 bits per heavy atom. The first-order valence-corrected chi connectivity index (χ1v) is 9.37. The Kier molecular flexibility index (Phi) is 11.3. The van der Waals surface area contributed by atoms with E-state index in [-0.39, 0.29) is 68.0 Å². The molecule has 32 heavy (non-hydrogen) atoms. The first-order valence-electron chi connectivity index (χ1n) is 9.37. The van der Waals surface area contributed by atoms with Crippen molar-refractivity contribution in [1.82, 2.24) is 4.98 Å². The van der Waals surface area contributed by atoms with Crippen molar-refractivity contribution in [2.45, 2.75) is 12.2 Å². The predicted molar refractivity (Wildman–Crippen MR) is 108 cm³/mol. The van der Waals surface area contributed by atoms with E-state index in [0.717, 1.165) is 11.1 Å². The average Bonchev–Trinajstić information content (AvgIpc) is 3.46. The molecule has 0 saturated carbocycles. The quantitative estimate of drug-likeness (QED) is 0.343. The number of halogens is 3. The van der Waals surface area contributed by atoms with Gasteiger partial charge in [0.1, 0.15) is 23.6 Å². The zero-order chi connectivity index (χ0) is 18.8. The number of hydrogen-bond acceptors (Lipinski definition) is 5. The van der Waals surface area contributed by atoms with Crippen LogP contribution < -0.4 is 37.2 Å². The van der Waals surface area contributed by atoms with Gasteiger partial charge in [0.2, 0.25) is 11.8 Å². The smallest absolute Gasteiger partial charge is 0.236 e. The fraction of sp³-hybridized carbons (Fsp3) is 0.174. The van der Waals surface area contributed by atoms with Crippen LogP contribution in [-0.4, -0.2) is 29.9 Å². The van der Waals surface area contributed by atoms with E-state index in [1.54, 1.807) is 0 Å². The van der Waals surface area contributed by atoms with Gasteiger partial charge < -0.3 is 46.7 Å². The van der Waals surface area contributed by atoms with Gasteiger partial charge in [0, 0.05) is 18.6 Å². The largest absolute Gasteiger partial charge is 1.00 e. The van der Waals surface area contributed by atoms with Gasteiger partial charge in [-0.25, -0.2) is 15.0 Å². The Bertz CT molecular complexity index is 972. The molecule has 2 atom stereocenters. The fourth-order valence-electron chi connectivity index (χ4n) is 3.39. The van der Waals surface area contributed by atoms with Crippen molar-refractivity contribution in [2.75, 3.05) is 13.1 Å². The fourth-order valence-corrected chi connectivity index (χ4v) is 3.39. The van der Waals surface area contributed by atoms with Gasteiger partial charge in [-0.05, 0) is 23.3 Å². The van der Waals surface area contributed by atoms with E-state index in [1.807, 2.05) is 54.6 Å². The molecule has 5 nitrogen and oxygen atoms in total. The number of ether oxygens (including phenoxy) is 2. The Labute approximate surface area is 217 Å². The van der Waals surface area contributed by atoms with Gasteiger partial charge in [-0.2, -0.15) is 0 Å². The van der Waals surface area contributed by atoms with Crippen molar-refractivity contribution in [3.63, 3.8) is 0 Å². The molecule has 3 aromatic rings. The molecule has 0 amide bonds. The molecule has 2 aromatic carbocycles. The molecule has 0 bridgehead atoms. The molecule has 0 fully saturated rings.